The smallest absolute Gasteiger partial charge is 0.196 e. The number of ketones is 1. The summed E-state index contributed by atoms with van der Waals surface area (Å²) in [4.78, 5) is 17.7. The van der Waals surface area contributed by atoms with E-state index in [1.807, 2.05) is 30.3 Å². The Labute approximate surface area is 140 Å². The Morgan fingerprint density at radius 3 is 2.71 bits per heavy atom. The zero-order valence-corrected chi connectivity index (χ0v) is 13.4. The SMILES string of the molecule is COCCOCC1N=C2c3cccc(N)c3C(=O)c3cccc1c32. The Balaban J connectivity index is 1.78. The Morgan fingerprint density at radius 2 is 1.88 bits per heavy atom. The fraction of sp³-hybridized carbons (Fsp3) is 0.263. The van der Waals surface area contributed by atoms with Crippen molar-refractivity contribution in [1.82, 2.24) is 0 Å². The molecule has 1 aliphatic carbocycles. The summed E-state index contributed by atoms with van der Waals surface area (Å²) in [5, 5.41) is 0. The molecule has 2 N–H and O–H groups in total. The van der Waals surface area contributed by atoms with Gasteiger partial charge in [0.15, 0.2) is 5.78 Å². The molecule has 0 spiro atoms. The van der Waals surface area contributed by atoms with E-state index in [1.54, 1.807) is 13.2 Å². The van der Waals surface area contributed by atoms with Gasteiger partial charge < -0.3 is 15.2 Å². The fourth-order valence-electron chi connectivity index (χ4n) is 3.42. The molecule has 1 atom stereocenters. The van der Waals surface area contributed by atoms with Crippen molar-refractivity contribution in [3.63, 3.8) is 0 Å². The third kappa shape index (κ3) is 2.17. The maximum absolute atomic E-state index is 12.9. The first kappa shape index (κ1) is 15.1. The first-order valence-electron chi connectivity index (χ1n) is 7.93. The first-order valence-corrected chi connectivity index (χ1v) is 7.93. The predicted octanol–water partition coefficient (Wildman–Crippen LogP) is 2.37. The average Bonchev–Trinajstić information content (AvgIpc) is 2.96. The molecule has 2 aromatic carbocycles. The number of nitrogens with zero attached hydrogens (tertiary/aromatic N) is 1. The monoisotopic (exact) mass is 322 g/mol. The minimum atomic E-state index is -0.105. The molecule has 0 saturated heterocycles. The van der Waals surface area contributed by atoms with Crippen LogP contribution in [0.2, 0.25) is 0 Å². The molecule has 5 heteroatoms. The number of hydrogen-bond donors (Lipinski definition) is 1. The molecule has 0 radical (unpaired) electrons. The minimum Gasteiger partial charge on any atom is -0.398 e. The number of nitrogen functional groups attached to an aromatic ring is 1. The highest BCUT2D eigenvalue weighted by molar-refractivity contribution is 6.32. The molecule has 0 amide bonds. The van der Waals surface area contributed by atoms with Gasteiger partial charge in [-0.05, 0) is 11.6 Å². The highest BCUT2D eigenvalue weighted by Gasteiger charge is 2.36. The van der Waals surface area contributed by atoms with Crippen LogP contribution in [0.25, 0.3) is 0 Å². The molecule has 1 heterocycles. The van der Waals surface area contributed by atoms with Crippen LogP contribution >= 0.6 is 0 Å². The first-order chi connectivity index (χ1) is 11.7. The van der Waals surface area contributed by atoms with Crippen LogP contribution < -0.4 is 5.73 Å². The van der Waals surface area contributed by atoms with E-state index in [0.717, 1.165) is 22.4 Å². The number of benzene rings is 2. The third-order valence-corrected chi connectivity index (χ3v) is 4.51. The molecule has 4 rings (SSSR count). The number of carbonyl (C=O) groups is 1. The maximum Gasteiger partial charge on any atom is 0.196 e. The van der Waals surface area contributed by atoms with Gasteiger partial charge in [0.05, 0.1) is 37.1 Å². The molecule has 2 aromatic rings. The van der Waals surface area contributed by atoms with Crippen molar-refractivity contribution in [2.24, 2.45) is 4.99 Å². The number of rotatable bonds is 5. The topological polar surface area (TPSA) is 73.9 Å². The number of anilines is 1. The molecule has 0 aromatic heterocycles. The Kier molecular flexibility index (Phi) is 3.67. The Hall–Kier alpha value is -2.50. The van der Waals surface area contributed by atoms with E-state index in [2.05, 4.69) is 0 Å². The van der Waals surface area contributed by atoms with E-state index in [-0.39, 0.29) is 11.8 Å². The van der Waals surface area contributed by atoms with Crippen LogP contribution in [0.3, 0.4) is 0 Å². The number of methoxy groups -OCH3 is 1. The van der Waals surface area contributed by atoms with E-state index in [4.69, 9.17) is 20.2 Å². The van der Waals surface area contributed by atoms with Gasteiger partial charge in [-0.2, -0.15) is 0 Å². The number of nitrogens with two attached hydrogens (primary N) is 1. The van der Waals surface area contributed by atoms with Crippen LogP contribution in [0.1, 0.15) is 38.7 Å². The second-order valence-corrected chi connectivity index (χ2v) is 5.93. The lowest BCUT2D eigenvalue weighted by molar-refractivity contribution is 0.0642. The van der Waals surface area contributed by atoms with Crippen LogP contribution in [0.5, 0.6) is 0 Å². The molecule has 122 valence electrons. The highest BCUT2D eigenvalue weighted by atomic mass is 16.5. The molecule has 0 fully saturated rings. The summed E-state index contributed by atoms with van der Waals surface area (Å²) in [6.07, 6.45) is 0. The lowest BCUT2D eigenvalue weighted by atomic mass is 9.81. The molecule has 2 aliphatic rings. The highest BCUT2D eigenvalue weighted by Crippen LogP contribution is 2.40. The molecule has 24 heavy (non-hydrogen) atoms. The standard InChI is InChI=1S/C19H18N2O3/c1-23-8-9-24-10-15-11-4-2-6-13-16(11)18(21-15)12-5-3-7-14(20)17(12)19(13)22/h2-7,15H,8-10,20H2,1H3. The predicted molar refractivity (Wildman–Crippen MR) is 91.8 cm³/mol. The number of hydrogen-bond acceptors (Lipinski definition) is 5. The second-order valence-electron chi connectivity index (χ2n) is 5.93. The quantitative estimate of drug-likeness (QED) is 0.578. The maximum atomic E-state index is 12.9. The van der Waals surface area contributed by atoms with Crippen molar-refractivity contribution >= 4 is 17.2 Å². The third-order valence-electron chi connectivity index (χ3n) is 4.51. The van der Waals surface area contributed by atoms with Gasteiger partial charge in [0, 0.05) is 29.5 Å². The van der Waals surface area contributed by atoms with Gasteiger partial charge in [0.2, 0.25) is 0 Å². The van der Waals surface area contributed by atoms with Gasteiger partial charge in [-0.25, -0.2) is 0 Å². The van der Waals surface area contributed by atoms with Crippen molar-refractivity contribution in [3.8, 4) is 0 Å². The summed E-state index contributed by atoms with van der Waals surface area (Å²) < 4.78 is 10.7. The lowest BCUT2D eigenvalue weighted by Crippen LogP contribution is -2.22. The van der Waals surface area contributed by atoms with Crippen LogP contribution in [0.4, 0.5) is 5.69 Å². The van der Waals surface area contributed by atoms with Gasteiger partial charge >= 0.3 is 0 Å². The molecule has 5 nitrogen and oxygen atoms in total. The van der Waals surface area contributed by atoms with Gasteiger partial charge in [-0.3, -0.25) is 9.79 Å². The van der Waals surface area contributed by atoms with Crippen molar-refractivity contribution in [2.75, 3.05) is 32.7 Å². The molecule has 1 unspecified atom stereocenters. The molecule has 0 saturated carbocycles. The van der Waals surface area contributed by atoms with Crippen LogP contribution in [-0.4, -0.2) is 38.4 Å². The number of aliphatic imine (C=N–C) groups is 1. The largest absolute Gasteiger partial charge is 0.398 e. The van der Waals surface area contributed by atoms with Gasteiger partial charge in [-0.1, -0.05) is 30.3 Å². The molecular weight excluding hydrogens is 304 g/mol. The fourth-order valence-corrected chi connectivity index (χ4v) is 3.42. The van der Waals surface area contributed by atoms with Crippen molar-refractivity contribution < 1.29 is 14.3 Å². The van der Waals surface area contributed by atoms with Gasteiger partial charge in [-0.15, -0.1) is 0 Å². The number of fused-ring (bicyclic) bond motifs is 2. The van der Waals surface area contributed by atoms with E-state index < -0.39 is 0 Å². The summed E-state index contributed by atoms with van der Waals surface area (Å²) in [6, 6.07) is 11.2. The summed E-state index contributed by atoms with van der Waals surface area (Å²) in [5.41, 5.74) is 11.4. The zero-order valence-electron chi connectivity index (χ0n) is 13.4. The second kappa shape index (κ2) is 5.85. The number of ether oxygens (including phenoxy) is 2. The minimum absolute atomic E-state index is 0.0279. The Morgan fingerprint density at radius 1 is 1.08 bits per heavy atom. The molecule has 1 aliphatic heterocycles. The Bertz CT molecular complexity index is 858. The van der Waals surface area contributed by atoms with Crippen LogP contribution in [0.15, 0.2) is 41.4 Å². The van der Waals surface area contributed by atoms with Crippen molar-refractivity contribution in [1.29, 1.82) is 0 Å². The van der Waals surface area contributed by atoms with E-state index in [9.17, 15) is 4.79 Å². The molecule has 0 bridgehead atoms. The molecular formula is C19H18N2O3. The van der Waals surface area contributed by atoms with E-state index >= 15 is 0 Å². The van der Waals surface area contributed by atoms with E-state index in [0.29, 0.717) is 36.6 Å². The van der Waals surface area contributed by atoms with Crippen molar-refractivity contribution in [2.45, 2.75) is 6.04 Å². The summed E-state index contributed by atoms with van der Waals surface area (Å²) in [7, 11) is 1.65. The van der Waals surface area contributed by atoms with Gasteiger partial charge in [0.1, 0.15) is 0 Å². The summed E-state index contributed by atoms with van der Waals surface area (Å²) in [5.74, 6) is -0.0279. The summed E-state index contributed by atoms with van der Waals surface area (Å²) >= 11 is 0. The van der Waals surface area contributed by atoms with Crippen LogP contribution in [0, 0.1) is 0 Å². The van der Waals surface area contributed by atoms with Gasteiger partial charge in [0.25, 0.3) is 0 Å². The van der Waals surface area contributed by atoms with Crippen LogP contribution in [-0.2, 0) is 9.47 Å². The van der Waals surface area contributed by atoms with E-state index in [1.165, 1.54) is 0 Å². The normalized spacial score (nSPS) is 17.5. The average molecular weight is 322 g/mol. The number of carbonyl (C=O) groups excluding carboxylic acids is 1. The zero-order chi connectivity index (χ0) is 16.7. The van der Waals surface area contributed by atoms with Crippen molar-refractivity contribution in [3.05, 3.63) is 64.2 Å². The summed E-state index contributed by atoms with van der Waals surface area (Å²) in [6.45, 7) is 1.54. The lowest BCUT2D eigenvalue weighted by Gasteiger charge is -2.20.